The van der Waals surface area contributed by atoms with Gasteiger partial charge in [0.25, 0.3) is 11.7 Å². The lowest BCUT2D eigenvalue weighted by atomic mass is 10.00. The zero-order valence-electron chi connectivity index (χ0n) is 17.1. The predicted octanol–water partition coefficient (Wildman–Crippen LogP) is 4.92. The van der Waals surface area contributed by atoms with Crippen LogP contribution in [0.1, 0.15) is 22.0 Å². The van der Waals surface area contributed by atoms with Crippen molar-refractivity contribution in [1.29, 1.82) is 0 Å². The highest BCUT2D eigenvalue weighted by Crippen LogP contribution is 2.34. The van der Waals surface area contributed by atoms with Crippen molar-refractivity contribution >= 4 is 71.4 Å². The Balaban J connectivity index is 1.54. The summed E-state index contributed by atoms with van der Waals surface area (Å²) in [6, 6.07) is 10.6. The van der Waals surface area contributed by atoms with Crippen molar-refractivity contribution in [2.75, 3.05) is 19.6 Å². The van der Waals surface area contributed by atoms with Crippen molar-refractivity contribution in [2.24, 2.45) is 0 Å². The molecular formula is C23H18Br2N4O4. The molecule has 2 aromatic carbocycles. The topological polar surface area (TPSA) is 110 Å². The van der Waals surface area contributed by atoms with Crippen LogP contribution in [-0.4, -0.2) is 62.3 Å². The van der Waals surface area contributed by atoms with E-state index in [-0.39, 0.29) is 25.2 Å². The molecule has 5 rings (SSSR count). The lowest BCUT2D eigenvalue weighted by molar-refractivity contribution is -0.131. The van der Waals surface area contributed by atoms with E-state index in [9.17, 15) is 19.5 Å². The molecule has 3 N–H and O–H groups in total. The normalized spacial score (nSPS) is 16.5. The highest BCUT2D eigenvalue weighted by molar-refractivity contribution is 9.10. The molecule has 0 spiro atoms. The second-order valence-corrected chi connectivity index (χ2v) is 9.73. The fraction of sp³-hybridized carbons (Fsp3) is 0.174. The summed E-state index contributed by atoms with van der Waals surface area (Å²) in [4.78, 5) is 47.5. The number of hydrogen-bond acceptors (Lipinski definition) is 3. The van der Waals surface area contributed by atoms with E-state index in [0.717, 1.165) is 30.9 Å². The molecule has 1 aliphatic heterocycles. The smallest absolute Gasteiger partial charge is 0.407 e. The SMILES string of the molecule is O=C(C(=O)N1CCN(C(=O)O)CC1c1c[nH]c2ccc(Br)cc12)c1c[nH]c2ccc(Br)cc12. The lowest BCUT2D eigenvalue weighted by Crippen LogP contribution is -2.53. The lowest BCUT2D eigenvalue weighted by Gasteiger charge is -2.40. The third kappa shape index (κ3) is 3.83. The van der Waals surface area contributed by atoms with Gasteiger partial charge in [0.1, 0.15) is 0 Å². The van der Waals surface area contributed by atoms with Crippen molar-refractivity contribution in [3.8, 4) is 0 Å². The number of carbonyl (C=O) groups excluding carboxylic acids is 2. The minimum atomic E-state index is -1.05. The van der Waals surface area contributed by atoms with Crippen LogP contribution in [0, 0.1) is 0 Å². The highest BCUT2D eigenvalue weighted by Gasteiger charge is 2.38. The van der Waals surface area contributed by atoms with Crippen LogP contribution < -0.4 is 0 Å². The van der Waals surface area contributed by atoms with Gasteiger partial charge in [-0.1, -0.05) is 31.9 Å². The van der Waals surface area contributed by atoms with Crippen LogP contribution >= 0.6 is 31.9 Å². The van der Waals surface area contributed by atoms with Crippen LogP contribution in [0.3, 0.4) is 0 Å². The fourth-order valence-corrected chi connectivity index (χ4v) is 5.10. The zero-order chi connectivity index (χ0) is 23.3. The molecule has 4 aromatic rings. The van der Waals surface area contributed by atoms with Crippen molar-refractivity contribution < 1.29 is 19.5 Å². The van der Waals surface area contributed by atoms with Crippen LogP contribution in [0.25, 0.3) is 21.8 Å². The number of carboxylic acid groups (broad SMARTS) is 1. The first-order chi connectivity index (χ1) is 15.8. The maximum Gasteiger partial charge on any atom is 0.407 e. The van der Waals surface area contributed by atoms with Crippen molar-refractivity contribution in [2.45, 2.75) is 6.04 Å². The Morgan fingerprint density at radius 2 is 1.55 bits per heavy atom. The van der Waals surface area contributed by atoms with Gasteiger partial charge in [0, 0.05) is 68.3 Å². The number of nitrogens with one attached hydrogen (secondary N) is 2. The van der Waals surface area contributed by atoms with Crippen LogP contribution in [0.15, 0.2) is 57.7 Å². The third-order valence-electron chi connectivity index (χ3n) is 6.03. The molecule has 1 unspecified atom stereocenters. The Kier molecular flexibility index (Phi) is 5.49. The maximum atomic E-state index is 13.5. The summed E-state index contributed by atoms with van der Waals surface area (Å²) in [7, 11) is 0. The van der Waals surface area contributed by atoms with E-state index in [1.165, 1.54) is 9.80 Å². The Labute approximate surface area is 204 Å². The van der Waals surface area contributed by atoms with Crippen LogP contribution in [-0.2, 0) is 4.79 Å². The van der Waals surface area contributed by atoms with Gasteiger partial charge in [0.15, 0.2) is 0 Å². The molecule has 2 aromatic heterocycles. The van der Waals surface area contributed by atoms with Gasteiger partial charge >= 0.3 is 6.09 Å². The van der Waals surface area contributed by atoms with E-state index >= 15 is 0 Å². The van der Waals surface area contributed by atoms with Gasteiger partial charge in [0.2, 0.25) is 0 Å². The molecule has 33 heavy (non-hydrogen) atoms. The number of nitrogens with zero attached hydrogens (tertiary/aromatic N) is 2. The van der Waals surface area contributed by atoms with Gasteiger partial charge in [-0.3, -0.25) is 9.59 Å². The number of Topliss-reactive ketones (excluding diaryl/α,β-unsaturated/α-hetero) is 1. The Hall–Kier alpha value is -3.11. The predicted molar refractivity (Wildman–Crippen MR) is 130 cm³/mol. The number of hydrogen-bond donors (Lipinski definition) is 3. The van der Waals surface area contributed by atoms with E-state index in [4.69, 9.17) is 0 Å². The minimum Gasteiger partial charge on any atom is -0.465 e. The highest BCUT2D eigenvalue weighted by atomic mass is 79.9. The molecule has 8 nitrogen and oxygen atoms in total. The van der Waals surface area contributed by atoms with Crippen molar-refractivity contribution in [3.63, 3.8) is 0 Å². The largest absolute Gasteiger partial charge is 0.465 e. The van der Waals surface area contributed by atoms with Crippen LogP contribution in [0.5, 0.6) is 0 Å². The molecule has 0 aliphatic carbocycles. The monoisotopic (exact) mass is 572 g/mol. The Morgan fingerprint density at radius 1 is 0.909 bits per heavy atom. The summed E-state index contributed by atoms with van der Waals surface area (Å²) < 4.78 is 1.66. The molecule has 1 atom stereocenters. The molecular weight excluding hydrogens is 556 g/mol. The van der Waals surface area contributed by atoms with Gasteiger partial charge < -0.3 is 24.9 Å². The number of piperazine rings is 1. The number of fused-ring (bicyclic) bond motifs is 2. The number of rotatable bonds is 3. The van der Waals surface area contributed by atoms with Gasteiger partial charge in [-0.05, 0) is 36.4 Å². The molecule has 10 heteroatoms. The van der Waals surface area contributed by atoms with Gasteiger partial charge in [-0.25, -0.2) is 4.79 Å². The van der Waals surface area contributed by atoms with Gasteiger partial charge in [-0.15, -0.1) is 0 Å². The average molecular weight is 574 g/mol. The number of ketones is 1. The number of H-pyrrole nitrogens is 2. The molecule has 168 valence electrons. The second kappa shape index (κ2) is 8.35. The van der Waals surface area contributed by atoms with Gasteiger partial charge in [-0.2, -0.15) is 0 Å². The van der Waals surface area contributed by atoms with Crippen LogP contribution in [0.2, 0.25) is 0 Å². The van der Waals surface area contributed by atoms with E-state index in [2.05, 4.69) is 41.8 Å². The molecule has 1 fully saturated rings. The van der Waals surface area contributed by atoms with E-state index in [1.807, 2.05) is 30.3 Å². The van der Waals surface area contributed by atoms with Gasteiger partial charge in [0.05, 0.1) is 11.6 Å². The number of halogens is 2. The minimum absolute atomic E-state index is 0.0766. The van der Waals surface area contributed by atoms with Crippen LogP contribution in [0.4, 0.5) is 4.79 Å². The number of aromatic nitrogens is 2. The summed E-state index contributed by atoms with van der Waals surface area (Å²) in [6.45, 7) is 0.331. The summed E-state index contributed by atoms with van der Waals surface area (Å²) in [5.74, 6) is -1.29. The standard InChI is InChI=1S/C23H18Br2N4O4/c24-12-1-3-18-14(7-12)16(9-26-18)20-11-28(23(32)33)5-6-29(20)22(31)21(30)17-10-27-19-4-2-13(25)8-15(17)19/h1-4,7-10,20,26-27H,5-6,11H2,(H,32,33). The number of benzene rings is 2. The van der Waals surface area contributed by atoms with E-state index in [0.29, 0.717) is 5.39 Å². The first-order valence-electron chi connectivity index (χ1n) is 10.2. The van der Waals surface area contributed by atoms with Crippen molar-refractivity contribution in [1.82, 2.24) is 19.8 Å². The van der Waals surface area contributed by atoms with E-state index in [1.54, 1.807) is 18.5 Å². The Morgan fingerprint density at radius 3 is 2.24 bits per heavy atom. The van der Waals surface area contributed by atoms with Crippen molar-refractivity contribution in [3.05, 3.63) is 68.9 Å². The summed E-state index contributed by atoms with van der Waals surface area (Å²) in [5.41, 5.74) is 2.67. The Bertz CT molecular complexity index is 1430. The molecule has 0 saturated carbocycles. The number of amides is 2. The second-order valence-electron chi connectivity index (χ2n) is 7.90. The molecule has 2 amide bonds. The molecule has 3 heterocycles. The third-order valence-corrected chi connectivity index (χ3v) is 7.02. The zero-order valence-corrected chi connectivity index (χ0v) is 20.3. The summed E-state index contributed by atoms with van der Waals surface area (Å²) >= 11 is 6.88. The molecule has 0 bridgehead atoms. The first-order valence-corrected chi connectivity index (χ1v) is 11.8. The fourth-order valence-electron chi connectivity index (χ4n) is 4.38. The summed E-state index contributed by atoms with van der Waals surface area (Å²) in [5, 5.41) is 11.1. The van der Waals surface area contributed by atoms with E-state index < -0.39 is 23.8 Å². The molecule has 0 radical (unpaired) electrons. The summed E-state index contributed by atoms with van der Waals surface area (Å²) in [6.07, 6.45) is 2.27. The molecule has 1 aliphatic rings. The first kappa shape index (κ1) is 21.7. The number of carbonyl (C=O) groups is 3. The average Bonchev–Trinajstić information content (AvgIpc) is 3.41. The quantitative estimate of drug-likeness (QED) is 0.239. The molecule has 1 saturated heterocycles. The maximum absolute atomic E-state index is 13.5. The number of aromatic amines is 2.